The molecule has 0 bridgehead atoms. The Hall–Kier alpha value is -1.36. The summed E-state index contributed by atoms with van der Waals surface area (Å²) in [5.41, 5.74) is 1.29. The molecule has 0 saturated heterocycles. The first-order chi connectivity index (χ1) is 10.6. The summed E-state index contributed by atoms with van der Waals surface area (Å²) in [7, 11) is 4.21. The summed E-state index contributed by atoms with van der Waals surface area (Å²) < 4.78 is 6.26. The van der Waals surface area contributed by atoms with Crippen LogP contribution in [0.3, 0.4) is 0 Å². The first kappa shape index (κ1) is 15.5. The number of likely N-dealkylation sites (N-methyl/N-ethyl adjacent to an activating group) is 1. The number of thiophene rings is 1. The lowest BCUT2D eigenvalue weighted by Crippen LogP contribution is -2.39. The van der Waals surface area contributed by atoms with Gasteiger partial charge in [0.15, 0.2) is 0 Å². The fraction of sp³-hybridized carbons (Fsp3) is 0.444. The minimum Gasteiger partial charge on any atom is -0.487 e. The van der Waals surface area contributed by atoms with E-state index >= 15 is 0 Å². The number of rotatable bonds is 4. The van der Waals surface area contributed by atoms with Crippen LogP contribution in [0.25, 0.3) is 0 Å². The summed E-state index contributed by atoms with van der Waals surface area (Å²) in [6.45, 7) is 6.03. The largest absolute Gasteiger partial charge is 0.487 e. The third kappa shape index (κ3) is 3.88. The Bertz CT molecular complexity index is 623. The molecule has 22 heavy (non-hydrogen) atoms. The van der Waals surface area contributed by atoms with Gasteiger partial charge in [0.1, 0.15) is 11.9 Å². The predicted molar refractivity (Wildman–Crippen MR) is 92.6 cm³/mol. The van der Waals surface area contributed by atoms with Crippen LogP contribution in [0.1, 0.15) is 15.3 Å². The molecule has 4 heteroatoms. The summed E-state index contributed by atoms with van der Waals surface area (Å²) in [5, 5.41) is 0. The van der Waals surface area contributed by atoms with Crippen LogP contribution in [0.4, 0.5) is 0 Å². The lowest BCUT2D eigenvalue weighted by Gasteiger charge is -2.25. The first-order valence-corrected chi connectivity index (χ1v) is 8.59. The van der Waals surface area contributed by atoms with Gasteiger partial charge >= 0.3 is 0 Å². The van der Waals surface area contributed by atoms with Crippen molar-refractivity contribution in [1.82, 2.24) is 9.80 Å². The van der Waals surface area contributed by atoms with E-state index < -0.39 is 0 Å². The average molecular weight is 316 g/mol. The van der Waals surface area contributed by atoms with E-state index in [0.29, 0.717) is 0 Å². The molecule has 2 aromatic rings. The fourth-order valence-electron chi connectivity index (χ4n) is 2.97. The summed E-state index contributed by atoms with van der Waals surface area (Å²) in [6, 6.07) is 12.9. The summed E-state index contributed by atoms with van der Waals surface area (Å²) in [5.74, 6) is 1.04. The van der Waals surface area contributed by atoms with Crippen molar-refractivity contribution in [1.29, 1.82) is 0 Å². The molecule has 0 fully saturated rings. The molecule has 1 aromatic carbocycles. The van der Waals surface area contributed by atoms with E-state index in [1.807, 2.05) is 11.3 Å². The number of para-hydroxylation sites is 1. The molecule has 0 spiro atoms. The zero-order valence-electron chi connectivity index (χ0n) is 13.6. The molecule has 0 unspecified atom stereocenters. The average Bonchev–Trinajstić information content (AvgIpc) is 2.77. The van der Waals surface area contributed by atoms with Gasteiger partial charge in [0.25, 0.3) is 0 Å². The van der Waals surface area contributed by atoms with E-state index in [1.54, 1.807) is 0 Å². The number of benzene rings is 1. The SMILES string of the molecule is Cc1ccc(CN2Cc3ccccc3O[C@H](CN(C)C)C2)s1. The Morgan fingerprint density at radius 1 is 1.23 bits per heavy atom. The van der Waals surface area contributed by atoms with Gasteiger partial charge in [-0.1, -0.05) is 18.2 Å². The molecule has 3 nitrogen and oxygen atoms in total. The van der Waals surface area contributed by atoms with Gasteiger partial charge in [-0.25, -0.2) is 0 Å². The third-order valence-electron chi connectivity index (χ3n) is 3.87. The highest BCUT2D eigenvalue weighted by Gasteiger charge is 2.23. The van der Waals surface area contributed by atoms with Crippen LogP contribution in [-0.4, -0.2) is 43.1 Å². The van der Waals surface area contributed by atoms with Crippen LogP contribution in [0.15, 0.2) is 36.4 Å². The second-order valence-electron chi connectivity index (χ2n) is 6.29. The van der Waals surface area contributed by atoms with Gasteiger partial charge in [-0.2, -0.15) is 0 Å². The Balaban J connectivity index is 1.80. The van der Waals surface area contributed by atoms with Crippen molar-refractivity contribution < 1.29 is 4.74 Å². The Morgan fingerprint density at radius 3 is 2.77 bits per heavy atom. The number of fused-ring (bicyclic) bond motifs is 1. The molecule has 1 aliphatic rings. The number of hydrogen-bond acceptors (Lipinski definition) is 4. The number of aryl methyl sites for hydroxylation is 1. The van der Waals surface area contributed by atoms with Crippen LogP contribution >= 0.6 is 11.3 Å². The van der Waals surface area contributed by atoms with Crippen LogP contribution < -0.4 is 4.74 Å². The highest BCUT2D eigenvalue weighted by Crippen LogP contribution is 2.27. The summed E-state index contributed by atoms with van der Waals surface area (Å²) >= 11 is 1.89. The maximum Gasteiger partial charge on any atom is 0.124 e. The molecule has 0 radical (unpaired) electrons. The van der Waals surface area contributed by atoms with Crippen molar-refractivity contribution >= 4 is 11.3 Å². The lowest BCUT2D eigenvalue weighted by atomic mass is 10.2. The van der Waals surface area contributed by atoms with E-state index in [-0.39, 0.29) is 6.10 Å². The van der Waals surface area contributed by atoms with E-state index in [1.165, 1.54) is 15.3 Å². The zero-order valence-corrected chi connectivity index (χ0v) is 14.4. The van der Waals surface area contributed by atoms with Crippen molar-refractivity contribution in [3.8, 4) is 5.75 Å². The van der Waals surface area contributed by atoms with E-state index in [9.17, 15) is 0 Å². The van der Waals surface area contributed by atoms with Gasteiger partial charge in [-0.15, -0.1) is 11.3 Å². The Kier molecular flexibility index (Phi) is 4.81. The molecule has 1 aliphatic heterocycles. The molecule has 1 atom stereocenters. The molecule has 0 saturated carbocycles. The minimum absolute atomic E-state index is 0.208. The van der Waals surface area contributed by atoms with E-state index in [2.05, 4.69) is 67.2 Å². The smallest absolute Gasteiger partial charge is 0.124 e. The Morgan fingerprint density at radius 2 is 2.05 bits per heavy atom. The van der Waals surface area contributed by atoms with Crippen molar-refractivity contribution in [2.24, 2.45) is 0 Å². The highest BCUT2D eigenvalue weighted by atomic mass is 32.1. The molecule has 118 valence electrons. The van der Waals surface area contributed by atoms with Crippen molar-refractivity contribution in [2.45, 2.75) is 26.1 Å². The van der Waals surface area contributed by atoms with Crippen molar-refractivity contribution in [3.05, 3.63) is 51.7 Å². The molecule has 0 N–H and O–H groups in total. The maximum atomic E-state index is 6.26. The van der Waals surface area contributed by atoms with Crippen LogP contribution in [0.2, 0.25) is 0 Å². The van der Waals surface area contributed by atoms with Gasteiger partial charge in [0.05, 0.1) is 0 Å². The lowest BCUT2D eigenvalue weighted by molar-refractivity contribution is 0.117. The molecule has 1 aromatic heterocycles. The summed E-state index contributed by atoms with van der Waals surface area (Å²) in [6.07, 6.45) is 0.208. The molecule has 0 aliphatic carbocycles. The number of hydrogen-bond donors (Lipinski definition) is 0. The molecule has 3 rings (SSSR count). The summed E-state index contributed by atoms with van der Waals surface area (Å²) in [4.78, 5) is 7.52. The van der Waals surface area contributed by atoms with Gasteiger partial charge in [-0.3, -0.25) is 4.90 Å². The van der Waals surface area contributed by atoms with Crippen molar-refractivity contribution in [2.75, 3.05) is 27.2 Å². The van der Waals surface area contributed by atoms with E-state index in [4.69, 9.17) is 4.74 Å². The third-order valence-corrected chi connectivity index (χ3v) is 4.85. The molecule has 2 heterocycles. The van der Waals surface area contributed by atoms with Crippen LogP contribution in [0.5, 0.6) is 5.75 Å². The van der Waals surface area contributed by atoms with Crippen molar-refractivity contribution in [3.63, 3.8) is 0 Å². The first-order valence-electron chi connectivity index (χ1n) is 7.77. The van der Waals surface area contributed by atoms with Crippen LogP contribution in [-0.2, 0) is 13.1 Å². The Labute approximate surface area is 137 Å². The second kappa shape index (κ2) is 6.82. The molecular formula is C18H24N2OS. The minimum atomic E-state index is 0.208. The van der Waals surface area contributed by atoms with Gasteiger partial charge in [-0.05, 0) is 39.2 Å². The highest BCUT2D eigenvalue weighted by molar-refractivity contribution is 7.11. The number of nitrogens with zero attached hydrogens (tertiary/aromatic N) is 2. The molecule has 0 amide bonds. The topological polar surface area (TPSA) is 15.7 Å². The number of ether oxygens (including phenoxy) is 1. The standard InChI is InChI=1S/C18H24N2OS/c1-14-8-9-17(22-14)13-20-10-15-6-4-5-7-18(15)21-16(12-20)11-19(2)3/h4-9,16H,10-13H2,1-3H3/t16-/m1/s1. The normalized spacial score (nSPS) is 18.8. The van der Waals surface area contributed by atoms with Crippen LogP contribution in [0, 0.1) is 6.92 Å². The quantitative estimate of drug-likeness (QED) is 0.860. The maximum absolute atomic E-state index is 6.26. The van der Waals surface area contributed by atoms with E-state index in [0.717, 1.165) is 31.9 Å². The predicted octanol–water partition coefficient (Wildman–Crippen LogP) is 3.38. The molecular weight excluding hydrogens is 292 g/mol. The second-order valence-corrected chi connectivity index (χ2v) is 7.66. The monoisotopic (exact) mass is 316 g/mol. The van der Waals surface area contributed by atoms with Gasteiger partial charge in [0, 0.05) is 41.5 Å². The van der Waals surface area contributed by atoms with Gasteiger partial charge in [0.2, 0.25) is 0 Å². The zero-order chi connectivity index (χ0) is 15.5. The fourth-order valence-corrected chi connectivity index (χ4v) is 3.91. The van der Waals surface area contributed by atoms with Gasteiger partial charge < -0.3 is 9.64 Å².